The predicted molar refractivity (Wildman–Crippen MR) is 117 cm³/mol. The summed E-state index contributed by atoms with van der Waals surface area (Å²) in [7, 11) is 0. The van der Waals surface area contributed by atoms with E-state index in [4.69, 9.17) is 0 Å². The molecule has 2 heterocycles. The van der Waals surface area contributed by atoms with Crippen molar-refractivity contribution in [3.05, 3.63) is 87.8 Å². The van der Waals surface area contributed by atoms with E-state index in [2.05, 4.69) is 10.3 Å². The molecule has 29 heavy (non-hydrogen) atoms. The zero-order valence-electron chi connectivity index (χ0n) is 16.4. The Morgan fingerprint density at radius 1 is 1.07 bits per heavy atom. The SMILES string of the molecule is Cc1ccc(N=C2NC(=O)/C(=C\c3cc(C)n(-c4cccc(F)c4)c3C)S2)cc1. The molecule has 1 aliphatic heterocycles. The molecule has 1 amide bonds. The third kappa shape index (κ3) is 4.03. The monoisotopic (exact) mass is 405 g/mol. The molecule has 1 fully saturated rings. The lowest BCUT2D eigenvalue weighted by atomic mass is 10.2. The van der Waals surface area contributed by atoms with Gasteiger partial charge in [0.25, 0.3) is 5.91 Å². The molecule has 4 nitrogen and oxygen atoms in total. The van der Waals surface area contributed by atoms with Crippen molar-refractivity contribution in [3.63, 3.8) is 0 Å². The number of halogens is 1. The van der Waals surface area contributed by atoms with Crippen molar-refractivity contribution in [3.8, 4) is 5.69 Å². The van der Waals surface area contributed by atoms with Crippen LogP contribution in [0, 0.1) is 26.6 Å². The molecule has 1 aliphatic rings. The van der Waals surface area contributed by atoms with Crippen LogP contribution in [0.2, 0.25) is 0 Å². The molecule has 1 saturated heterocycles. The number of benzene rings is 2. The molecule has 3 aromatic rings. The first-order chi connectivity index (χ1) is 13.9. The first kappa shape index (κ1) is 19.2. The van der Waals surface area contributed by atoms with E-state index < -0.39 is 0 Å². The third-order valence-electron chi connectivity index (χ3n) is 4.74. The maximum Gasteiger partial charge on any atom is 0.264 e. The largest absolute Gasteiger partial charge is 0.318 e. The van der Waals surface area contributed by atoms with Crippen molar-refractivity contribution in [2.45, 2.75) is 20.8 Å². The van der Waals surface area contributed by atoms with Gasteiger partial charge in [0.2, 0.25) is 0 Å². The number of hydrogen-bond acceptors (Lipinski definition) is 3. The van der Waals surface area contributed by atoms with Crippen molar-refractivity contribution >= 4 is 34.6 Å². The maximum atomic E-state index is 13.7. The Bertz CT molecular complexity index is 1160. The minimum atomic E-state index is -0.280. The molecular formula is C23H20FN3OS. The maximum absolute atomic E-state index is 13.7. The Labute approximate surface area is 173 Å². The summed E-state index contributed by atoms with van der Waals surface area (Å²) in [4.78, 5) is 17.5. The average molecular weight is 405 g/mol. The molecule has 0 atom stereocenters. The van der Waals surface area contributed by atoms with Crippen molar-refractivity contribution in [2.75, 3.05) is 0 Å². The van der Waals surface area contributed by atoms with E-state index in [0.29, 0.717) is 10.1 Å². The second-order valence-corrected chi connectivity index (χ2v) is 7.99. The van der Waals surface area contributed by atoms with Gasteiger partial charge in [-0.2, -0.15) is 0 Å². The van der Waals surface area contributed by atoms with Crippen molar-refractivity contribution in [2.24, 2.45) is 4.99 Å². The summed E-state index contributed by atoms with van der Waals surface area (Å²) in [6.45, 7) is 5.94. The molecule has 0 spiro atoms. The molecule has 2 aromatic carbocycles. The summed E-state index contributed by atoms with van der Waals surface area (Å²) < 4.78 is 15.6. The van der Waals surface area contributed by atoms with Crippen LogP contribution in [0.25, 0.3) is 11.8 Å². The number of carbonyl (C=O) groups is 1. The Morgan fingerprint density at radius 2 is 1.83 bits per heavy atom. The van der Waals surface area contributed by atoms with Gasteiger partial charge in [-0.3, -0.25) is 4.79 Å². The Morgan fingerprint density at radius 3 is 2.55 bits per heavy atom. The van der Waals surface area contributed by atoms with Gasteiger partial charge < -0.3 is 9.88 Å². The van der Waals surface area contributed by atoms with Crippen LogP contribution in [0.1, 0.15) is 22.5 Å². The molecule has 0 saturated carbocycles. The number of carbonyl (C=O) groups excluding carboxylic acids is 1. The fourth-order valence-corrected chi connectivity index (χ4v) is 4.14. The Balaban J connectivity index is 1.64. The number of thioether (sulfide) groups is 1. The van der Waals surface area contributed by atoms with Crippen LogP contribution in [0.5, 0.6) is 0 Å². The van der Waals surface area contributed by atoms with Crippen LogP contribution >= 0.6 is 11.8 Å². The first-order valence-electron chi connectivity index (χ1n) is 9.22. The van der Waals surface area contributed by atoms with Crippen molar-refractivity contribution in [1.82, 2.24) is 9.88 Å². The normalized spacial score (nSPS) is 16.6. The van der Waals surface area contributed by atoms with Gasteiger partial charge in [-0.15, -0.1) is 0 Å². The van der Waals surface area contributed by atoms with E-state index in [1.165, 1.54) is 23.9 Å². The Hall–Kier alpha value is -3.12. The van der Waals surface area contributed by atoms with Gasteiger partial charge in [-0.1, -0.05) is 23.8 Å². The van der Waals surface area contributed by atoms with E-state index in [-0.39, 0.29) is 11.7 Å². The van der Waals surface area contributed by atoms with Crippen molar-refractivity contribution in [1.29, 1.82) is 0 Å². The lowest BCUT2D eigenvalue weighted by Crippen LogP contribution is -2.19. The standard InChI is InChI=1S/C23H20FN3OS/c1-14-7-9-19(10-8-14)25-23-26-22(28)21(29-23)12-17-11-15(2)27(16(17)3)20-6-4-5-18(24)13-20/h4-13H,1-3H3,(H,25,26,28)/b21-12+. The topological polar surface area (TPSA) is 46.4 Å². The number of nitrogens with zero attached hydrogens (tertiary/aromatic N) is 2. The summed E-state index contributed by atoms with van der Waals surface area (Å²) in [5, 5.41) is 3.38. The van der Waals surface area contributed by atoms with Gasteiger partial charge in [-0.25, -0.2) is 9.38 Å². The molecule has 0 bridgehead atoms. The minimum Gasteiger partial charge on any atom is -0.318 e. The molecule has 0 unspecified atom stereocenters. The van der Waals surface area contributed by atoms with E-state index in [1.54, 1.807) is 6.07 Å². The number of aryl methyl sites for hydroxylation is 2. The van der Waals surface area contributed by atoms with Crippen LogP contribution < -0.4 is 5.32 Å². The van der Waals surface area contributed by atoms with Crippen molar-refractivity contribution < 1.29 is 9.18 Å². The van der Waals surface area contributed by atoms with E-state index in [9.17, 15) is 9.18 Å². The minimum absolute atomic E-state index is 0.170. The fourth-order valence-electron chi connectivity index (χ4n) is 3.30. The smallest absolute Gasteiger partial charge is 0.264 e. The number of rotatable bonds is 3. The lowest BCUT2D eigenvalue weighted by molar-refractivity contribution is -0.115. The fraction of sp³-hybridized carbons (Fsp3) is 0.130. The zero-order valence-corrected chi connectivity index (χ0v) is 17.2. The Kier molecular flexibility index (Phi) is 5.11. The molecule has 1 N–H and O–H groups in total. The molecule has 146 valence electrons. The third-order valence-corrected chi connectivity index (χ3v) is 5.65. The quantitative estimate of drug-likeness (QED) is 0.591. The van der Waals surface area contributed by atoms with E-state index in [1.807, 2.05) is 67.8 Å². The van der Waals surface area contributed by atoms with Crippen LogP contribution in [0.15, 0.2) is 64.5 Å². The molecule has 0 aliphatic carbocycles. The van der Waals surface area contributed by atoms with E-state index >= 15 is 0 Å². The average Bonchev–Trinajstić information content (AvgIpc) is 3.16. The molecular weight excluding hydrogens is 385 g/mol. The second-order valence-electron chi connectivity index (χ2n) is 6.96. The van der Waals surface area contributed by atoms with Gasteiger partial charge in [0, 0.05) is 17.1 Å². The zero-order chi connectivity index (χ0) is 20.5. The number of aliphatic imine (C=N–C) groups is 1. The highest BCUT2D eigenvalue weighted by Gasteiger charge is 2.24. The van der Waals surface area contributed by atoms with Gasteiger partial charge in [0.15, 0.2) is 5.17 Å². The number of amides is 1. The number of nitrogens with one attached hydrogen (secondary N) is 1. The van der Waals surface area contributed by atoms with Gasteiger partial charge in [-0.05, 0) is 80.6 Å². The highest BCUT2D eigenvalue weighted by Crippen LogP contribution is 2.30. The van der Waals surface area contributed by atoms with E-state index in [0.717, 1.165) is 33.9 Å². The number of amidine groups is 1. The lowest BCUT2D eigenvalue weighted by Gasteiger charge is -2.09. The highest BCUT2D eigenvalue weighted by molar-refractivity contribution is 8.18. The number of aromatic nitrogens is 1. The van der Waals surface area contributed by atoms with Gasteiger partial charge >= 0.3 is 0 Å². The van der Waals surface area contributed by atoms with Gasteiger partial charge in [0.1, 0.15) is 5.82 Å². The summed E-state index contributed by atoms with van der Waals surface area (Å²) in [6, 6.07) is 16.3. The predicted octanol–water partition coefficient (Wildman–Crippen LogP) is 5.43. The van der Waals surface area contributed by atoms with Crippen LogP contribution in [0.4, 0.5) is 10.1 Å². The summed E-state index contributed by atoms with van der Waals surface area (Å²) >= 11 is 1.32. The number of hydrogen-bond donors (Lipinski definition) is 1. The van der Waals surface area contributed by atoms with Crippen LogP contribution in [-0.4, -0.2) is 15.6 Å². The van der Waals surface area contributed by atoms with Crippen LogP contribution in [0.3, 0.4) is 0 Å². The molecule has 6 heteroatoms. The molecule has 1 aromatic heterocycles. The molecule has 4 rings (SSSR count). The summed E-state index contributed by atoms with van der Waals surface area (Å²) in [5.41, 5.74) is 5.54. The summed E-state index contributed by atoms with van der Waals surface area (Å²) in [6.07, 6.45) is 1.86. The summed E-state index contributed by atoms with van der Waals surface area (Å²) in [5.74, 6) is -0.450. The van der Waals surface area contributed by atoms with Crippen LogP contribution in [-0.2, 0) is 4.79 Å². The van der Waals surface area contributed by atoms with Gasteiger partial charge in [0.05, 0.1) is 10.6 Å². The molecule has 0 radical (unpaired) electrons. The second kappa shape index (κ2) is 7.72. The first-order valence-corrected chi connectivity index (χ1v) is 10.0. The highest BCUT2D eigenvalue weighted by atomic mass is 32.2.